The third-order valence-electron chi connectivity index (χ3n) is 3.01. The van der Waals surface area contributed by atoms with E-state index >= 15 is 0 Å². The average molecular weight is 273 g/mol. The summed E-state index contributed by atoms with van der Waals surface area (Å²) in [5.41, 5.74) is 5.42. The molecule has 1 unspecified atom stereocenters. The highest BCUT2D eigenvalue weighted by Gasteiger charge is 2.25. The highest BCUT2D eigenvalue weighted by atomic mass is 32.2. The van der Waals surface area contributed by atoms with Gasteiger partial charge in [-0.3, -0.25) is 4.68 Å². The van der Waals surface area contributed by atoms with Gasteiger partial charge in [0.25, 0.3) is 0 Å². The summed E-state index contributed by atoms with van der Waals surface area (Å²) >= 11 is 0. The minimum atomic E-state index is -2.86. The Morgan fingerprint density at radius 1 is 1.56 bits per heavy atom. The number of nitrogens with zero attached hydrogens (tertiary/aromatic N) is 2. The van der Waals surface area contributed by atoms with Crippen molar-refractivity contribution < 1.29 is 13.2 Å². The van der Waals surface area contributed by atoms with Gasteiger partial charge in [-0.1, -0.05) is 0 Å². The summed E-state index contributed by atoms with van der Waals surface area (Å²) in [5, 5.41) is 4.09. The van der Waals surface area contributed by atoms with Crippen molar-refractivity contribution in [2.24, 2.45) is 11.7 Å². The second kappa shape index (κ2) is 5.71. The summed E-state index contributed by atoms with van der Waals surface area (Å²) in [7, 11) is -2.86. The zero-order chi connectivity index (χ0) is 13.0. The molecule has 0 saturated carbocycles. The lowest BCUT2D eigenvalue weighted by molar-refractivity contribution is 0.249. The van der Waals surface area contributed by atoms with Gasteiger partial charge in [-0.15, -0.1) is 0 Å². The quantitative estimate of drug-likeness (QED) is 0.818. The Morgan fingerprint density at radius 2 is 2.39 bits per heavy atom. The molecule has 7 heteroatoms. The van der Waals surface area contributed by atoms with Gasteiger partial charge in [0.1, 0.15) is 0 Å². The molecule has 0 bridgehead atoms. The standard InChI is InChI=1S/C11H19N3O3S/c12-3-4-14-7-11(6-13-14)17-8-10-2-1-5-18(15,16)9-10/h6-7,10H,1-5,8-9,12H2. The van der Waals surface area contributed by atoms with E-state index in [1.165, 1.54) is 0 Å². The Balaban J connectivity index is 1.83. The van der Waals surface area contributed by atoms with Crippen molar-refractivity contribution in [2.75, 3.05) is 24.7 Å². The minimum absolute atomic E-state index is 0.0987. The lowest BCUT2D eigenvalue weighted by Crippen LogP contribution is -2.29. The van der Waals surface area contributed by atoms with Crippen LogP contribution in [0.4, 0.5) is 0 Å². The zero-order valence-electron chi connectivity index (χ0n) is 10.3. The highest BCUT2D eigenvalue weighted by molar-refractivity contribution is 7.91. The lowest BCUT2D eigenvalue weighted by atomic mass is 10.1. The second-order valence-electron chi connectivity index (χ2n) is 4.66. The molecule has 0 aliphatic carbocycles. The molecule has 1 aliphatic heterocycles. The molecule has 0 amide bonds. The highest BCUT2D eigenvalue weighted by Crippen LogP contribution is 2.19. The van der Waals surface area contributed by atoms with Crippen molar-refractivity contribution in [3.8, 4) is 5.75 Å². The minimum Gasteiger partial charge on any atom is -0.490 e. The van der Waals surface area contributed by atoms with Gasteiger partial charge < -0.3 is 10.5 Å². The van der Waals surface area contributed by atoms with Gasteiger partial charge >= 0.3 is 0 Å². The van der Waals surface area contributed by atoms with Gasteiger partial charge in [-0.25, -0.2) is 8.42 Å². The van der Waals surface area contributed by atoms with Gasteiger partial charge in [0.05, 0.1) is 37.1 Å². The molecule has 1 aliphatic rings. The Morgan fingerprint density at radius 3 is 3.11 bits per heavy atom. The Labute approximate surface area is 107 Å². The van der Waals surface area contributed by atoms with E-state index in [0.29, 0.717) is 31.2 Å². The summed E-state index contributed by atoms with van der Waals surface area (Å²) < 4.78 is 30.2. The molecular formula is C11H19N3O3S. The van der Waals surface area contributed by atoms with Crippen LogP contribution < -0.4 is 10.5 Å². The molecule has 0 radical (unpaired) electrons. The first-order chi connectivity index (χ1) is 8.59. The maximum absolute atomic E-state index is 11.5. The topological polar surface area (TPSA) is 87.2 Å². The van der Waals surface area contributed by atoms with E-state index in [2.05, 4.69) is 5.10 Å². The van der Waals surface area contributed by atoms with Gasteiger partial charge in [-0.2, -0.15) is 5.10 Å². The number of nitrogens with two attached hydrogens (primary N) is 1. The molecule has 0 spiro atoms. The van der Waals surface area contributed by atoms with Crippen LogP contribution in [-0.2, 0) is 16.4 Å². The van der Waals surface area contributed by atoms with Crippen molar-refractivity contribution in [3.05, 3.63) is 12.4 Å². The first-order valence-electron chi connectivity index (χ1n) is 6.15. The zero-order valence-corrected chi connectivity index (χ0v) is 11.1. The van der Waals surface area contributed by atoms with Crippen LogP contribution in [0.25, 0.3) is 0 Å². The van der Waals surface area contributed by atoms with Crippen LogP contribution >= 0.6 is 0 Å². The fourth-order valence-electron chi connectivity index (χ4n) is 2.14. The van der Waals surface area contributed by atoms with Gasteiger partial charge in [0.2, 0.25) is 0 Å². The number of hydrogen-bond acceptors (Lipinski definition) is 5. The van der Waals surface area contributed by atoms with Crippen molar-refractivity contribution in [3.63, 3.8) is 0 Å². The lowest BCUT2D eigenvalue weighted by Gasteiger charge is -2.21. The molecule has 1 saturated heterocycles. The first-order valence-corrected chi connectivity index (χ1v) is 7.97. The summed E-state index contributed by atoms with van der Waals surface area (Å²) in [6.07, 6.45) is 5.07. The predicted molar refractivity (Wildman–Crippen MR) is 68.2 cm³/mol. The smallest absolute Gasteiger partial charge is 0.157 e. The molecule has 2 N–H and O–H groups in total. The van der Waals surface area contributed by atoms with Crippen LogP contribution in [0.3, 0.4) is 0 Å². The molecule has 1 aromatic rings. The fraction of sp³-hybridized carbons (Fsp3) is 0.727. The largest absolute Gasteiger partial charge is 0.490 e. The molecule has 1 atom stereocenters. The maximum atomic E-state index is 11.5. The monoisotopic (exact) mass is 273 g/mol. The number of ether oxygens (including phenoxy) is 1. The van der Waals surface area contributed by atoms with E-state index < -0.39 is 9.84 Å². The maximum Gasteiger partial charge on any atom is 0.157 e. The third kappa shape index (κ3) is 3.71. The summed E-state index contributed by atoms with van der Waals surface area (Å²) in [6.45, 7) is 1.62. The van der Waals surface area contributed by atoms with E-state index in [9.17, 15) is 8.42 Å². The predicted octanol–water partition coefficient (Wildman–Crippen LogP) is 0.0454. The number of rotatable bonds is 5. The summed E-state index contributed by atoms with van der Waals surface area (Å²) in [4.78, 5) is 0. The molecule has 0 aromatic carbocycles. The molecule has 2 rings (SSSR count). The number of aromatic nitrogens is 2. The van der Waals surface area contributed by atoms with Gasteiger partial charge in [0, 0.05) is 12.5 Å². The van der Waals surface area contributed by atoms with Crippen molar-refractivity contribution in [1.82, 2.24) is 9.78 Å². The molecule has 102 valence electrons. The van der Waals surface area contributed by atoms with Crippen LogP contribution in [0.15, 0.2) is 12.4 Å². The fourth-order valence-corrected chi connectivity index (χ4v) is 3.89. The molecule has 18 heavy (non-hydrogen) atoms. The van der Waals surface area contributed by atoms with Crippen molar-refractivity contribution in [1.29, 1.82) is 0 Å². The van der Waals surface area contributed by atoms with Crippen molar-refractivity contribution >= 4 is 9.84 Å². The number of hydrogen-bond donors (Lipinski definition) is 1. The van der Waals surface area contributed by atoms with E-state index in [1.54, 1.807) is 17.1 Å². The summed E-state index contributed by atoms with van der Waals surface area (Å²) in [5.74, 6) is 1.33. The Bertz CT molecular complexity index is 483. The van der Waals surface area contributed by atoms with Crippen LogP contribution in [-0.4, -0.2) is 42.9 Å². The van der Waals surface area contributed by atoms with Gasteiger partial charge in [-0.05, 0) is 12.8 Å². The van der Waals surface area contributed by atoms with Crippen molar-refractivity contribution in [2.45, 2.75) is 19.4 Å². The third-order valence-corrected chi connectivity index (χ3v) is 4.90. The molecule has 1 aromatic heterocycles. The Kier molecular flexibility index (Phi) is 4.23. The number of sulfone groups is 1. The van der Waals surface area contributed by atoms with Crippen LogP contribution in [0.2, 0.25) is 0 Å². The van der Waals surface area contributed by atoms with E-state index in [-0.39, 0.29) is 11.7 Å². The average Bonchev–Trinajstić information content (AvgIpc) is 2.74. The molecule has 2 heterocycles. The van der Waals surface area contributed by atoms with Gasteiger partial charge in [0.15, 0.2) is 15.6 Å². The normalized spacial score (nSPS) is 22.8. The Hall–Kier alpha value is -1.08. The molecular weight excluding hydrogens is 254 g/mol. The van der Waals surface area contributed by atoms with E-state index in [0.717, 1.165) is 12.8 Å². The molecule has 1 fully saturated rings. The molecule has 6 nitrogen and oxygen atoms in total. The van der Waals surface area contributed by atoms with E-state index in [4.69, 9.17) is 10.5 Å². The van der Waals surface area contributed by atoms with Crippen LogP contribution in [0, 0.1) is 5.92 Å². The van der Waals surface area contributed by atoms with Crippen LogP contribution in [0.5, 0.6) is 5.75 Å². The SMILES string of the molecule is NCCn1cc(OCC2CCCS(=O)(=O)C2)cn1. The second-order valence-corrected chi connectivity index (χ2v) is 6.89. The van der Waals surface area contributed by atoms with Crippen LogP contribution in [0.1, 0.15) is 12.8 Å². The van der Waals surface area contributed by atoms with E-state index in [1.807, 2.05) is 0 Å². The summed E-state index contributed by atoms with van der Waals surface area (Å²) in [6, 6.07) is 0. The first kappa shape index (κ1) is 13.4.